The summed E-state index contributed by atoms with van der Waals surface area (Å²) in [5, 5.41) is 0.908. The third-order valence-electron chi connectivity index (χ3n) is 5.40. The molecule has 0 aliphatic carbocycles. The molecule has 2 amide bonds. The van der Waals surface area contributed by atoms with Gasteiger partial charge in [-0.05, 0) is 24.6 Å². The van der Waals surface area contributed by atoms with E-state index < -0.39 is 17.4 Å². The first-order chi connectivity index (χ1) is 14.0. The van der Waals surface area contributed by atoms with Gasteiger partial charge in [-0.1, -0.05) is 42.5 Å². The number of hydrogen-bond acceptors (Lipinski definition) is 5. The normalized spacial score (nSPS) is 19.1. The minimum Gasteiger partial charge on any atom is -0.367 e. The van der Waals surface area contributed by atoms with Crippen molar-refractivity contribution < 1.29 is 14.3 Å². The van der Waals surface area contributed by atoms with Gasteiger partial charge in [-0.2, -0.15) is 0 Å². The molecule has 2 N–H and O–H groups in total. The summed E-state index contributed by atoms with van der Waals surface area (Å²) in [6.45, 7) is 2.86. The van der Waals surface area contributed by atoms with Gasteiger partial charge in [0.1, 0.15) is 0 Å². The molecule has 1 saturated heterocycles. The third-order valence-corrected chi connectivity index (χ3v) is 6.43. The molecule has 1 aliphatic rings. The van der Waals surface area contributed by atoms with Gasteiger partial charge in [-0.15, -0.1) is 11.3 Å². The number of thiazole rings is 1. The van der Waals surface area contributed by atoms with Crippen LogP contribution >= 0.6 is 11.3 Å². The lowest BCUT2D eigenvalue weighted by molar-refractivity contribution is -0.149. The maximum atomic E-state index is 13.7. The van der Waals surface area contributed by atoms with Gasteiger partial charge in [-0.25, -0.2) is 4.98 Å². The van der Waals surface area contributed by atoms with Crippen molar-refractivity contribution in [2.45, 2.75) is 24.9 Å². The van der Waals surface area contributed by atoms with Crippen LogP contribution in [0.15, 0.2) is 54.6 Å². The summed E-state index contributed by atoms with van der Waals surface area (Å²) >= 11 is 1.61. The third kappa shape index (κ3) is 3.88. The van der Waals surface area contributed by atoms with Gasteiger partial charge in [0.25, 0.3) is 0 Å². The van der Waals surface area contributed by atoms with E-state index >= 15 is 0 Å². The zero-order valence-corrected chi connectivity index (χ0v) is 17.0. The summed E-state index contributed by atoms with van der Waals surface area (Å²) in [6, 6.07) is 17.7. The van der Waals surface area contributed by atoms with E-state index in [0.717, 1.165) is 20.8 Å². The number of ether oxygens (including phenoxy) is 1. The van der Waals surface area contributed by atoms with E-state index in [4.69, 9.17) is 15.5 Å². The molecule has 2 heterocycles. The number of hydrogen-bond donors (Lipinski definition) is 1. The van der Waals surface area contributed by atoms with Crippen molar-refractivity contribution in [2.24, 2.45) is 5.73 Å². The summed E-state index contributed by atoms with van der Waals surface area (Å²) in [5.74, 6) is -0.590. The largest absolute Gasteiger partial charge is 0.367 e. The summed E-state index contributed by atoms with van der Waals surface area (Å²) in [6.07, 6.45) is -0.288. The molecule has 2 unspecified atom stereocenters. The summed E-state index contributed by atoms with van der Waals surface area (Å²) < 4.78 is 6.52. The van der Waals surface area contributed by atoms with E-state index in [1.807, 2.05) is 61.5 Å². The number of benzene rings is 2. The highest BCUT2D eigenvalue weighted by atomic mass is 32.1. The molecule has 2 atom stereocenters. The molecule has 0 spiro atoms. The lowest BCUT2D eigenvalue weighted by Crippen LogP contribution is -2.55. The first kappa shape index (κ1) is 19.5. The van der Waals surface area contributed by atoms with Crippen molar-refractivity contribution in [1.29, 1.82) is 0 Å². The molecular formula is C22H23N3O3S. The number of fused-ring (bicyclic) bond motifs is 1. The van der Waals surface area contributed by atoms with Crippen LogP contribution in [-0.4, -0.2) is 47.5 Å². The quantitative estimate of drug-likeness (QED) is 0.702. The Morgan fingerprint density at radius 1 is 1.21 bits per heavy atom. The second-order valence-electron chi connectivity index (χ2n) is 7.46. The van der Waals surface area contributed by atoms with Gasteiger partial charge in [0, 0.05) is 13.0 Å². The Balaban J connectivity index is 1.69. The van der Waals surface area contributed by atoms with Gasteiger partial charge in [0.05, 0.1) is 33.8 Å². The molecule has 2 aromatic carbocycles. The van der Waals surface area contributed by atoms with E-state index in [1.54, 1.807) is 16.2 Å². The number of carbonyl (C=O) groups excluding carboxylic acids is 2. The molecule has 1 aromatic heterocycles. The van der Waals surface area contributed by atoms with Crippen molar-refractivity contribution in [2.75, 3.05) is 19.7 Å². The second kappa shape index (κ2) is 7.93. The minimum atomic E-state index is -0.811. The fraction of sp³-hybridized carbons (Fsp3) is 0.318. The number of amides is 2. The van der Waals surface area contributed by atoms with Crippen LogP contribution < -0.4 is 5.73 Å². The van der Waals surface area contributed by atoms with E-state index in [1.165, 1.54) is 0 Å². The molecule has 29 heavy (non-hydrogen) atoms. The molecule has 7 heteroatoms. The number of primary amides is 1. The van der Waals surface area contributed by atoms with Crippen LogP contribution in [0.5, 0.6) is 0 Å². The maximum absolute atomic E-state index is 13.7. The summed E-state index contributed by atoms with van der Waals surface area (Å²) in [5.41, 5.74) is 6.46. The van der Waals surface area contributed by atoms with Crippen LogP contribution in [0.3, 0.4) is 0 Å². The van der Waals surface area contributed by atoms with Crippen molar-refractivity contribution >= 4 is 33.4 Å². The number of rotatable bonds is 5. The Morgan fingerprint density at radius 3 is 2.66 bits per heavy atom. The van der Waals surface area contributed by atoms with Gasteiger partial charge >= 0.3 is 0 Å². The Hall–Kier alpha value is -2.77. The number of morpholine rings is 1. The van der Waals surface area contributed by atoms with Gasteiger partial charge in [0.15, 0.2) is 6.10 Å². The molecule has 3 aromatic rings. The van der Waals surface area contributed by atoms with Crippen LogP contribution in [0.2, 0.25) is 0 Å². The lowest BCUT2D eigenvalue weighted by atomic mass is 9.78. The standard InChI is InChI=1S/C22H23N3O3S/c1-22(15-7-3-2-4-8-15,13-19-24-16-9-5-6-10-18(16)29-19)21(27)25-11-12-28-17(14-25)20(23)26/h2-10,17H,11-14H2,1H3,(H2,23,26). The maximum Gasteiger partial charge on any atom is 0.248 e. The van der Waals surface area contributed by atoms with Crippen molar-refractivity contribution in [3.63, 3.8) is 0 Å². The van der Waals surface area contributed by atoms with E-state index in [0.29, 0.717) is 19.6 Å². The van der Waals surface area contributed by atoms with E-state index in [-0.39, 0.29) is 12.5 Å². The van der Waals surface area contributed by atoms with Crippen LogP contribution in [0.1, 0.15) is 17.5 Å². The smallest absolute Gasteiger partial charge is 0.248 e. The first-order valence-corrected chi connectivity index (χ1v) is 10.4. The van der Waals surface area contributed by atoms with E-state index in [2.05, 4.69) is 0 Å². The predicted molar refractivity (Wildman–Crippen MR) is 113 cm³/mol. The highest BCUT2D eigenvalue weighted by Crippen LogP contribution is 2.34. The van der Waals surface area contributed by atoms with Gasteiger partial charge < -0.3 is 15.4 Å². The molecule has 0 bridgehead atoms. The molecule has 0 saturated carbocycles. The number of nitrogens with zero attached hydrogens (tertiary/aromatic N) is 2. The van der Waals surface area contributed by atoms with E-state index in [9.17, 15) is 9.59 Å². The topological polar surface area (TPSA) is 85.5 Å². The number of carbonyl (C=O) groups is 2. The first-order valence-electron chi connectivity index (χ1n) is 9.57. The number of para-hydroxylation sites is 1. The van der Waals surface area contributed by atoms with Crippen LogP contribution in [0, 0.1) is 0 Å². The average Bonchev–Trinajstić information content (AvgIpc) is 3.16. The highest BCUT2D eigenvalue weighted by Gasteiger charge is 2.41. The van der Waals surface area contributed by atoms with Gasteiger partial charge in [-0.3, -0.25) is 9.59 Å². The Kier molecular flexibility index (Phi) is 5.34. The molecule has 1 aliphatic heterocycles. The number of nitrogens with two attached hydrogens (primary N) is 1. The Labute approximate surface area is 173 Å². The SMILES string of the molecule is CC(Cc1nc2ccccc2s1)(C(=O)N1CCOC(C(N)=O)C1)c1ccccc1. The molecule has 0 radical (unpaired) electrons. The zero-order chi connectivity index (χ0) is 20.4. The number of aromatic nitrogens is 1. The average molecular weight is 410 g/mol. The van der Waals surface area contributed by atoms with Crippen LogP contribution in [0.4, 0.5) is 0 Å². The molecular weight excluding hydrogens is 386 g/mol. The lowest BCUT2D eigenvalue weighted by Gasteiger charge is -2.38. The Morgan fingerprint density at radius 2 is 1.93 bits per heavy atom. The van der Waals surface area contributed by atoms with Crippen molar-refractivity contribution in [1.82, 2.24) is 9.88 Å². The summed E-state index contributed by atoms with van der Waals surface area (Å²) in [4.78, 5) is 31.7. The zero-order valence-electron chi connectivity index (χ0n) is 16.2. The molecule has 150 valence electrons. The monoisotopic (exact) mass is 409 g/mol. The summed E-state index contributed by atoms with van der Waals surface area (Å²) in [7, 11) is 0. The van der Waals surface area contributed by atoms with Crippen molar-refractivity contribution in [3.8, 4) is 0 Å². The highest BCUT2D eigenvalue weighted by molar-refractivity contribution is 7.18. The Bertz CT molecular complexity index is 1000. The fourth-order valence-electron chi connectivity index (χ4n) is 3.76. The second-order valence-corrected chi connectivity index (χ2v) is 8.58. The predicted octanol–water partition coefficient (Wildman–Crippen LogP) is 2.51. The molecule has 6 nitrogen and oxygen atoms in total. The minimum absolute atomic E-state index is 0.0440. The fourth-order valence-corrected chi connectivity index (χ4v) is 4.88. The van der Waals surface area contributed by atoms with Crippen LogP contribution in [-0.2, 0) is 26.2 Å². The molecule has 4 rings (SSSR count). The molecule has 1 fully saturated rings. The van der Waals surface area contributed by atoms with Crippen molar-refractivity contribution in [3.05, 3.63) is 65.2 Å². The van der Waals surface area contributed by atoms with Gasteiger partial charge in [0.2, 0.25) is 11.8 Å². The van der Waals surface area contributed by atoms with Crippen LogP contribution in [0.25, 0.3) is 10.2 Å².